The zero-order chi connectivity index (χ0) is 21.5. The number of nitrogens with zero attached hydrogens (tertiary/aromatic N) is 3. The van der Waals surface area contributed by atoms with Crippen LogP contribution < -0.4 is 11.1 Å². The summed E-state index contributed by atoms with van der Waals surface area (Å²) in [5, 5.41) is 11.7. The molecule has 2 aliphatic rings. The molecule has 2 atom stereocenters. The number of halogens is 2. The highest BCUT2D eigenvalue weighted by Crippen LogP contribution is 2.50. The molecule has 10 heteroatoms. The van der Waals surface area contributed by atoms with Gasteiger partial charge in [0.15, 0.2) is 16.4 Å². The number of fused-ring (bicyclic) bond motifs is 1. The van der Waals surface area contributed by atoms with Crippen LogP contribution in [-0.2, 0) is 10.3 Å². The molecule has 3 N–H and O–H groups in total. The predicted octanol–water partition coefficient (Wildman–Crippen LogP) is 2.65. The van der Waals surface area contributed by atoms with Crippen LogP contribution in [0.5, 0.6) is 0 Å². The second-order valence-electron chi connectivity index (χ2n) is 7.21. The Morgan fingerprint density at radius 3 is 2.93 bits per heavy atom. The van der Waals surface area contributed by atoms with Gasteiger partial charge in [0.1, 0.15) is 17.6 Å². The maximum Gasteiger partial charge on any atom is 0.274 e. The SMILES string of the molecule is Cc1cc(C#N)cnc1C(=O)Nc1ccc(F)c(C23COCC2(F)CSC(N)=N3)c1. The molecule has 0 radical (unpaired) electrons. The number of thioether (sulfide) groups is 1. The van der Waals surface area contributed by atoms with Gasteiger partial charge in [-0.25, -0.2) is 18.8 Å². The Morgan fingerprint density at radius 2 is 2.20 bits per heavy atom. The number of pyridine rings is 1. The zero-order valence-electron chi connectivity index (χ0n) is 15.9. The second kappa shape index (κ2) is 7.34. The Labute approximate surface area is 175 Å². The molecule has 1 saturated heterocycles. The molecule has 2 aromatic rings. The minimum atomic E-state index is -1.92. The number of nitrogens with two attached hydrogens (primary N) is 1. The molecule has 7 nitrogen and oxygen atoms in total. The van der Waals surface area contributed by atoms with Gasteiger partial charge in [0.2, 0.25) is 0 Å². The first-order valence-electron chi connectivity index (χ1n) is 9.01. The normalized spacial score (nSPS) is 25.2. The highest BCUT2D eigenvalue weighted by atomic mass is 32.2. The molecule has 0 aliphatic carbocycles. The standard InChI is InChI=1S/C20H17F2N5O2S/c1-11-4-12(6-23)7-25-16(11)17(28)26-13-2-3-15(21)14(5-13)20-9-29-8-19(20,22)10-30-18(24)27-20/h2-5,7H,8-10H2,1H3,(H2,24,27)(H,26,28). The van der Waals surface area contributed by atoms with Gasteiger partial charge in [-0.3, -0.25) is 4.79 Å². The summed E-state index contributed by atoms with van der Waals surface area (Å²) < 4.78 is 35.8. The summed E-state index contributed by atoms with van der Waals surface area (Å²) in [6.07, 6.45) is 1.29. The van der Waals surface area contributed by atoms with Crippen LogP contribution >= 0.6 is 11.8 Å². The van der Waals surface area contributed by atoms with Crippen molar-refractivity contribution in [3.63, 3.8) is 0 Å². The molecular weight excluding hydrogens is 412 g/mol. The molecule has 1 amide bonds. The highest BCUT2D eigenvalue weighted by molar-refractivity contribution is 8.13. The third-order valence-electron chi connectivity index (χ3n) is 5.23. The number of carbonyl (C=O) groups is 1. The lowest BCUT2D eigenvalue weighted by Crippen LogP contribution is -2.52. The average molecular weight is 429 g/mol. The molecule has 0 saturated carbocycles. The first-order chi connectivity index (χ1) is 14.3. The Bertz CT molecular complexity index is 1120. The van der Waals surface area contributed by atoms with Gasteiger partial charge >= 0.3 is 0 Å². The van der Waals surface area contributed by atoms with E-state index in [2.05, 4.69) is 15.3 Å². The summed E-state index contributed by atoms with van der Waals surface area (Å²) in [5.41, 5.74) is 3.47. The van der Waals surface area contributed by atoms with E-state index in [9.17, 15) is 9.18 Å². The van der Waals surface area contributed by atoms with Gasteiger partial charge in [-0.15, -0.1) is 0 Å². The lowest BCUT2D eigenvalue weighted by molar-refractivity contribution is 0.102. The van der Waals surface area contributed by atoms with Crippen LogP contribution in [0, 0.1) is 24.1 Å². The van der Waals surface area contributed by atoms with E-state index in [1.165, 1.54) is 18.3 Å². The fraction of sp³-hybridized carbons (Fsp3) is 0.300. The second-order valence-corrected chi connectivity index (χ2v) is 8.20. The number of carbonyl (C=O) groups excluding carboxylic acids is 1. The van der Waals surface area contributed by atoms with Crippen LogP contribution in [0.1, 0.15) is 27.2 Å². The number of anilines is 1. The highest BCUT2D eigenvalue weighted by Gasteiger charge is 2.61. The van der Waals surface area contributed by atoms with E-state index in [-0.39, 0.29) is 41.1 Å². The number of nitriles is 1. The van der Waals surface area contributed by atoms with E-state index in [0.29, 0.717) is 11.1 Å². The number of benzene rings is 1. The smallest absolute Gasteiger partial charge is 0.274 e. The van der Waals surface area contributed by atoms with Crippen molar-refractivity contribution in [1.82, 2.24) is 4.98 Å². The molecule has 154 valence electrons. The zero-order valence-corrected chi connectivity index (χ0v) is 16.7. The maximum atomic E-state index is 15.6. The number of aryl methyl sites for hydroxylation is 1. The van der Waals surface area contributed by atoms with E-state index in [1.54, 1.807) is 13.0 Å². The topological polar surface area (TPSA) is 113 Å². The number of hydrogen-bond acceptors (Lipinski definition) is 7. The van der Waals surface area contributed by atoms with E-state index < -0.39 is 22.9 Å². The van der Waals surface area contributed by atoms with Crippen molar-refractivity contribution in [1.29, 1.82) is 5.26 Å². The van der Waals surface area contributed by atoms with Crippen molar-refractivity contribution in [2.24, 2.45) is 10.7 Å². The number of nitrogens with one attached hydrogen (secondary N) is 1. The fourth-order valence-electron chi connectivity index (χ4n) is 3.67. The van der Waals surface area contributed by atoms with E-state index in [1.807, 2.05) is 6.07 Å². The predicted molar refractivity (Wildman–Crippen MR) is 108 cm³/mol. The van der Waals surface area contributed by atoms with Crippen LogP contribution in [0.3, 0.4) is 0 Å². The first-order valence-corrected chi connectivity index (χ1v) is 9.99. The number of rotatable bonds is 3. The summed E-state index contributed by atoms with van der Waals surface area (Å²) in [6.45, 7) is 1.28. The van der Waals surface area contributed by atoms with Gasteiger partial charge in [-0.2, -0.15) is 5.26 Å². The van der Waals surface area contributed by atoms with Crippen molar-refractivity contribution in [2.45, 2.75) is 18.1 Å². The Morgan fingerprint density at radius 1 is 1.40 bits per heavy atom. The average Bonchev–Trinajstić information content (AvgIpc) is 3.06. The van der Waals surface area contributed by atoms with Gasteiger partial charge in [-0.1, -0.05) is 11.8 Å². The molecule has 4 rings (SSSR count). The number of amidine groups is 1. The van der Waals surface area contributed by atoms with Crippen LogP contribution in [0.25, 0.3) is 0 Å². The van der Waals surface area contributed by atoms with Crippen LogP contribution in [0.2, 0.25) is 0 Å². The molecule has 2 aliphatic heterocycles. The van der Waals surface area contributed by atoms with Crippen LogP contribution in [0.15, 0.2) is 35.5 Å². The van der Waals surface area contributed by atoms with E-state index in [4.69, 9.17) is 15.7 Å². The largest absolute Gasteiger partial charge is 0.379 e. The van der Waals surface area contributed by atoms with Crippen molar-refractivity contribution < 1.29 is 18.3 Å². The van der Waals surface area contributed by atoms with Gasteiger partial charge in [0.25, 0.3) is 5.91 Å². The number of ether oxygens (including phenoxy) is 1. The fourth-order valence-corrected chi connectivity index (χ4v) is 4.59. The van der Waals surface area contributed by atoms with Crippen molar-refractivity contribution in [3.05, 3.63) is 58.7 Å². The number of alkyl halides is 1. The molecule has 1 fully saturated rings. The third kappa shape index (κ3) is 3.20. The summed E-state index contributed by atoms with van der Waals surface area (Å²) in [4.78, 5) is 20.9. The molecule has 2 unspecified atom stereocenters. The minimum absolute atomic E-state index is 0.00723. The number of aliphatic imine (C=N–C) groups is 1. The van der Waals surface area contributed by atoms with Crippen molar-refractivity contribution in [3.8, 4) is 6.07 Å². The molecule has 30 heavy (non-hydrogen) atoms. The number of hydrogen-bond donors (Lipinski definition) is 2. The molecular formula is C20H17F2N5O2S. The number of aromatic nitrogens is 1. The molecule has 1 aromatic carbocycles. The quantitative estimate of drug-likeness (QED) is 0.776. The van der Waals surface area contributed by atoms with Gasteiger partial charge in [-0.05, 0) is 36.8 Å². The van der Waals surface area contributed by atoms with E-state index >= 15 is 4.39 Å². The lowest BCUT2D eigenvalue weighted by atomic mass is 9.79. The monoisotopic (exact) mass is 429 g/mol. The summed E-state index contributed by atoms with van der Waals surface area (Å²) in [5.74, 6) is -1.22. The maximum absolute atomic E-state index is 15.6. The minimum Gasteiger partial charge on any atom is -0.379 e. The summed E-state index contributed by atoms with van der Waals surface area (Å²) in [7, 11) is 0. The molecule has 3 heterocycles. The molecule has 0 spiro atoms. The van der Waals surface area contributed by atoms with Gasteiger partial charge in [0.05, 0.1) is 18.8 Å². The van der Waals surface area contributed by atoms with Crippen LogP contribution in [-0.4, -0.2) is 40.7 Å². The Hall–Kier alpha value is -3.03. The summed E-state index contributed by atoms with van der Waals surface area (Å²) in [6, 6.07) is 7.36. The van der Waals surface area contributed by atoms with Crippen LogP contribution in [0.4, 0.5) is 14.5 Å². The Kier molecular flexibility index (Phi) is 4.95. The third-order valence-corrected chi connectivity index (χ3v) is 6.21. The van der Waals surface area contributed by atoms with Crippen molar-refractivity contribution >= 4 is 28.5 Å². The van der Waals surface area contributed by atoms with E-state index in [0.717, 1.165) is 17.8 Å². The Balaban J connectivity index is 1.70. The lowest BCUT2D eigenvalue weighted by Gasteiger charge is -2.38. The molecule has 0 bridgehead atoms. The van der Waals surface area contributed by atoms with Gasteiger partial charge < -0.3 is 15.8 Å². The molecule has 1 aromatic heterocycles. The summed E-state index contributed by atoms with van der Waals surface area (Å²) >= 11 is 1.06. The number of amides is 1. The van der Waals surface area contributed by atoms with Gasteiger partial charge in [0, 0.05) is 23.2 Å². The van der Waals surface area contributed by atoms with Crippen molar-refractivity contribution in [2.75, 3.05) is 24.3 Å². The first kappa shape index (κ1) is 20.3.